The lowest BCUT2D eigenvalue weighted by Crippen LogP contribution is -2.46. The summed E-state index contributed by atoms with van der Waals surface area (Å²) in [6.45, 7) is 7.62. The van der Waals surface area contributed by atoms with Gasteiger partial charge < -0.3 is 5.32 Å². The first-order valence-electron chi connectivity index (χ1n) is 11.6. The summed E-state index contributed by atoms with van der Waals surface area (Å²) in [5.41, 5.74) is 0. The molecule has 0 fully saturated rings. The minimum atomic E-state index is 0.201. The quantitative estimate of drug-likeness (QED) is 0.204. The Bertz CT molecular complexity index is 307. The molecule has 0 aliphatic rings. The summed E-state index contributed by atoms with van der Waals surface area (Å²) in [6, 6.07) is 0. The van der Waals surface area contributed by atoms with E-state index in [4.69, 9.17) is 0 Å². The van der Waals surface area contributed by atoms with Crippen LogP contribution in [0.4, 0.5) is 0 Å². The zero-order valence-electron chi connectivity index (χ0n) is 18.5. The number of amides is 1. The van der Waals surface area contributed by atoms with E-state index in [2.05, 4.69) is 38.0 Å². The second kappa shape index (κ2) is 19.2. The van der Waals surface area contributed by atoms with E-state index in [0.29, 0.717) is 6.42 Å². The Balaban J connectivity index is 3.60. The van der Waals surface area contributed by atoms with Crippen LogP contribution < -0.4 is 5.32 Å². The van der Waals surface area contributed by atoms with Crippen LogP contribution in [0.2, 0.25) is 0 Å². The molecule has 0 aromatic carbocycles. The van der Waals surface area contributed by atoms with Crippen LogP contribution in [-0.2, 0) is 4.79 Å². The Hall–Kier alpha value is -0.570. The third-order valence-corrected chi connectivity index (χ3v) is 5.26. The van der Waals surface area contributed by atoms with Crippen molar-refractivity contribution >= 4 is 5.91 Å². The molecule has 0 saturated heterocycles. The SMILES string of the molecule is CCCCCCCCCCCCCCN(C)C(CCC)NC(=O)CCC. The van der Waals surface area contributed by atoms with Crippen molar-refractivity contribution in [3.05, 3.63) is 0 Å². The standard InChI is InChI=1S/C23H48N2O/c1-5-8-9-10-11-12-13-14-15-16-17-18-21-25(4)22(19-6-2)24-23(26)20-7-3/h22H,5-21H2,1-4H3,(H,24,26). The van der Waals surface area contributed by atoms with Gasteiger partial charge in [-0.1, -0.05) is 97.8 Å². The Kier molecular flexibility index (Phi) is 18.8. The normalized spacial score (nSPS) is 12.5. The van der Waals surface area contributed by atoms with Gasteiger partial charge in [-0.15, -0.1) is 0 Å². The van der Waals surface area contributed by atoms with Crippen LogP contribution in [0.5, 0.6) is 0 Å². The topological polar surface area (TPSA) is 32.3 Å². The van der Waals surface area contributed by atoms with E-state index in [9.17, 15) is 4.79 Å². The number of rotatable bonds is 19. The molecule has 3 heteroatoms. The molecule has 0 aromatic rings. The number of hydrogen-bond donors (Lipinski definition) is 1. The molecule has 1 unspecified atom stereocenters. The van der Waals surface area contributed by atoms with E-state index in [1.807, 2.05) is 0 Å². The lowest BCUT2D eigenvalue weighted by Gasteiger charge is -2.28. The summed E-state index contributed by atoms with van der Waals surface area (Å²) < 4.78 is 0. The lowest BCUT2D eigenvalue weighted by atomic mass is 10.1. The zero-order chi connectivity index (χ0) is 19.5. The minimum Gasteiger partial charge on any atom is -0.341 e. The van der Waals surface area contributed by atoms with Crippen LogP contribution in [0, 0.1) is 0 Å². The fourth-order valence-electron chi connectivity index (χ4n) is 3.52. The molecule has 156 valence electrons. The molecular weight excluding hydrogens is 320 g/mol. The third-order valence-electron chi connectivity index (χ3n) is 5.26. The van der Waals surface area contributed by atoms with Crippen LogP contribution in [0.3, 0.4) is 0 Å². The van der Waals surface area contributed by atoms with Crippen LogP contribution in [0.15, 0.2) is 0 Å². The minimum absolute atomic E-state index is 0.201. The third kappa shape index (κ3) is 15.7. The molecular formula is C23H48N2O. The van der Waals surface area contributed by atoms with Crippen molar-refractivity contribution < 1.29 is 4.79 Å². The molecule has 0 aliphatic carbocycles. The molecule has 0 rings (SSSR count). The van der Waals surface area contributed by atoms with E-state index < -0.39 is 0 Å². The number of nitrogens with zero attached hydrogens (tertiary/aromatic N) is 1. The van der Waals surface area contributed by atoms with Gasteiger partial charge in [0.15, 0.2) is 0 Å². The number of nitrogens with one attached hydrogen (secondary N) is 1. The van der Waals surface area contributed by atoms with Gasteiger partial charge in [-0.2, -0.15) is 0 Å². The zero-order valence-corrected chi connectivity index (χ0v) is 18.5. The van der Waals surface area contributed by atoms with Crippen molar-refractivity contribution in [3.63, 3.8) is 0 Å². The van der Waals surface area contributed by atoms with Gasteiger partial charge in [0.05, 0.1) is 6.17 Å². The first-order chi connectivity index (χ1) is 12.7. The van der Waals surface area contributed by atoms with Crippen molar-refractivity contribution in [2.45, 2.75) is 130 Å². The van der Waals surface area contributed by atoms with Gasteiger partial charge in [0.1, 0.15) is 0 Å². The first-order valence-corrected chi connectivity index (χ1v) is 11.6. The van der Waals surface area contributed by atoms with Gasteiger partial charge in [0.2, 0.25) is 5.91 Å². The van der Waals surface area contributed by atoms with Crippen molar-refractivity contribution in [3.8, 4) is 0 Å². The van der Waals surface area contributed by atoms with Gasteiger partial charge in [0, 0.05) is 6.42 Å². The molecule has 3 nitrogen and oxygen atoms in total. The number of carbonyl (C=O) groups excluding carboxylic acids is 1. The van der Waals surface area contributed by atoms with Crippen LogP contribution in [-0.4, -0.2) is 30.6 Å². The maximum absolute atomic E-state index is 11.9. The largest absolute Gasteiger partial charge is 0.341 e. The van der Waals surface area contributed by atoms with E-state index in [1.165, 1.54) is 77.0 Å². The van der Waals surface area contributed by atoms with Gasteiger partial charge in [-0.05, 0) is 32.9 Å². The molecule has 0 spiro atoms. The van der Waals surface area contributed by atoms with E-state index in [0.717, 1.165) is 25.8 Å². The maximum Gasteiger partial charge on any atom is 0.221 e. The molecule has 0 radical (unpaired) electrons. The summed E-state index contributed by atoms with van der Waals surface area (Å²) in [5, 5.41) is 3.20. The fourth-order valence-corrected chi connectivity index (χ4v) is 3.52. The van der Waals surface area contributed by atoms with Gasteiger partial charge in [-0.3, -0.25) is 9.69 Å². The maximum atomic E-state index is 11.9. The molecule has 0 bridgehead atoms. The number of hydrogen-bond acceptors (Lipinski definition) is 2. The van der Waals surface area contributed by atoms with Crippen LogP contribution in [0.1, 0.15) is 124 Å². The summed E-state index contributed by atoms with van der Waals surface area (Å²) in [5.74, 6) is 0.201. The molecule has 1 N–H and O–H groups in total. The highest BCUT2D eigenvalue weighted by atomic mass is 16.1. The monoisotopic (exact) mass is 368 g/mol. The Morgan fingerprint density at radius 3 is 1.69 bits per heavy atom. The molecule has 0 heterocycles. The first kappa shape index (κ1) is 25.4. The highest BCUT2D eigenvalue weighted by Crippen LogP contribution is 2.12. The van der Waals surface area contributed by atoms with E-state index >= 15 is 0 Å². The lowest BCUT2D eigenvalue weighted by molar-refractivity contribution is -0.123. The Morgan fingerprint density at radius 1 is 0.731 bits per heavy atom. The van der Waals surface area contributed by atoms with Crippen molar-refractivity contribution in [2.75, 3.05) is 13.6 Å². The summed E-state index contributed by atoms with van der Waals surface area (Å²) in [4.78, 5) is 14.2. The molecule has 26 heavy (non-hydrogen) atoms. The van der Waals surface area contributed by atoms with Crippen LogP contribution >= 0.6 is 0 Å². The van der Waals surface area contributed by atoms with E-state index in [-0.39, 0.29) is 12.1 Å². The fraction of sp³-hybridized carbons (Fsp3) is 0.957. The second-order valence-corrected chi connectivity index (χ2v) is 7.99. The van der Waals surface area contributed by atoms with Crippen molar-refractivity contribution in [1.82, 2.24) is 10.2 Å². The number of carbonyl (C=O) groups is 1. The summed E-state index contributed by atoms with van der Waals surface area (Å²) in [6.07, 6.45) is 20.6. The molecule has 0 aromatic heterocycles. The van der Waals surface area contributed by atoms with Crippen molar-refractivity contribution in [2.24, 2.45) is 0 Å². The van der Waals surface area contributed by atoms with Gasteiger partial charge in [0.25, 0.3) is 0 Å². The molecule has 0 saturated carbocycles. The average molecular weight is 369 g/mol. The summed E-state index contributed by atoms with van der Waals surface area (Å²) >= 11 is 0. The number of unbranched alkanes of at least 4 members (excludes halogenated alkanes) is 11. The summed E-state index contributed by atoms with van der Waals surface area (Å²) in [7, 11) is 2.16. The smallest absolute Gasteiger partial charge is 0.221 e. The van der Waals surface area contributed by atoms with Gasteiger partial charge >= 0.3 is 0 Å². The predicted molar refractivity (Wildman–Crippen MR) is 115 cm³/mol. The van der Waals surface area contributed by atoms with E-state index in [1.54, 1.807) is 0 Å². The van der Waals surface area contributed by atoms with Crippen LogP contribution in [0.25, 0.3) is 0 Å². The Morgan fingerprint density at radius 2 is 1.23 bits per heavy atom. The molecule has 0 aliphatic heterocycles. The van der Waals surface area contributed by atoms with Crippen molar-refractivity contribution in [1.29, 1.82) is 0 Å². The van der Waals surface area contributed by atoms with Gasteiger partial charge in [-0.25, -0.2) is 0 Å². The Labute approximate surface area is 164 Å². The molecule has 1 amide bonds. The highest BCUT2D eigenvalue weighted by molar-refractivity contribution is 5.76. The predicted octanol–water partition coefficient (Wildman–Crippen LogP) is 6.66. The average Bonchev–Trinajstić information content (AvgIpc) is 2.62. The highest BCUT2D eigenvalue weighted by Gasteiger charge is 2.15. The second-order valence-electron chi connectivity index (χ2n) is 7.99. The molecule has 1 atom stereocenters.